The van der Waals surface area contributed by atoms with Crippen LogP contribution < -0.4 is 0 Å². The molecular weight excluding hydrogens is 446 g/mol. The molecule has 29 heavy (non-hydrogen) atoms. The summed E-state index contributed by atoms with van der Waals surface area (Å²) in [7, 11) is -1.70. The first-order valence-electron chi connectivity index (χ1n) is 8.95. The molecule has 0 atom stereocenters. The molecule has 5 nitrogen and oxygen atoms in total. The van der Waals surface area contributed by atoms with Gasteiger partial charge in [-0.2, -0.15) is 0 Å². The van der Waals surface area contributed by atoms with Crippen molar-refractivity contribution in [2.45, 2.75) is 36.1 Å². The molecule has 2 aromatic rings. The van der Waals surface area contributed by atoms with Crippen LogP contribution in [0.3, 0.4) is 0 Å². The van der Waals surface area contributed by atoms with Crippen molar-refractivity contribution >= 4 is 39.3 Å². The van der Waals surface area contributed by atoms with E-state index in [1.54, 1.807) is 48.5 Å². The molecule has 0 fully saturated rings. The third-order valence-corrected chi connectivity index (χ3v) is 12.3. The lowest BCUT2D eigenvalue weighted by Gasteiger charge is -2.35. The molecule has 0 aliphatic carbocycles. The molecule has 0 saturated carbocycles. The fourth-order valence-electron chi connectivity index (χ4n) is 2.25. The van der Waals surface area contributed by atoms with Crippen LogP contribution in [0.25, 0.3) is 0 Å². The summed E-state index contributed by atoms with van der Waals surface area (Å²) in [6.45, 7) is 5.68. The van der Waals surface area contributed by atoms with Gasteiger partial charge in [-0.3, -0.25) is 0 Å². The van der Waals surface area contributed by atoms with Crippen molar-refractivity contribution in [3.63, 3.8) is 0 Å². The fraction of sp³-hybridized carbons (Fsp3) is 0.400. The number of hydrogen-bond donors (Lipinski definition) is 0. The van der Waals surface area contributed by atoms with Crippen molar-refractivity contribution in [3.8, 4) is 0 Å². The summed E-state index contributed by atoms with van der Waals surface area (Å²) in [5.41, 5.74) is 1.35. The topological polar surface area (TPSA) is 71.5 Å². The highest BCUT2D eigenvalue weighted by molar-refractivity contribution is 8.72. The van der Waals surface area contributed by atoms with Gasteiger partial charge in [-0.05, 0) is 80.7 Å². The minimum atomic E-state index is -3.52. The van der Waals surface area contributed by atoms with Crippen molar-refractivity contribution in [1.82, 2.24) is 4.90 Å². The van der Waals surface area contributed by atoms with Gasteiger partial charge in [-0.25, -0.2) is 16.8 Å². The predicted octanol–water partition coefficient (Wildman–Crippen LogP) is 4.17. The van der Waals surface area contributed by atoms with Gasteiger partial charge in [0.1, 0.15) is 0 Å². The first-order valence-corrected chi connectivity index (χ1v) is 14.9. The third-order valence-electron chi connectivity index (χ3n) is 4.75. The lowest BCUT2D eigenvalue weighted by atomic mass is 10.1. The van der Waals surface area contributed by atoms with E-state index in [1.807, 2.05) is 39.8 Å². The van der Waals surface area contributed by atoms with Crippen LogP contribution in [-0.4, -0.2) is 52.9 Å². The molecule has 0 spiro atoms. The Morgan fingerprint density at radius 1 is 0.724 bits per heavy atom. The highest BCUT2D eigenvalue weighted by Crippen LogP contribution is 2.33. The molecular formula is C20H27NO4S4. The molecule has 0 bridgehead atoms. The van der Waals surface area contributed by atoms with Gasteiger partial charge >= 0.3 is 0 Å². The maximum atomic E-state index is 12.7. The first kappa shape index (κ1) is 24.3. The van der Waals surface area contributed by atoms with Gasteiger partial charge in [0.25, 0.3) is 0 Å². The summed E-state index contributed by atoms with van der Waals surface area (Å²) >= 11 is 0. The van der Waals surface area contributed by atoms with Crippen molar-refractivity contribution in [3.05, 3.63) is 59.7 Å². The number of benzene rings is 2. The van der Waals surface area contributed by atoms with Crippen LogP contribution in [0, 0.1) is 13.8 Å². The molecule has 0 heterocycles. The van der Waals surface area contributed by atoms with Crippen molar-refractivity contribution in [2.75, 3.05) is 25.6 Å². The standard InChI is InChI=1S/C20H27NO4S4/c1-16-6-10-18(11-7-16)28(22,23)26-14-20(3,21(4)5)15-27-29(24,25)19-12-8-17(2)9-13-19/h6-13H,14-15H2,1-5H3. The highest BCUT2D eigenvalue weighted by Gasteiger charge is 2.33. The van der Waals surface area contributed by atoms with Crippen LogP contribution >= 0.6 is 21.6 Å². The maximum Gasteiger partial charge on any atom is 0.230 e. The summed E-state index contributed by atoms with van der Waals surface area (Å²) in [4.78, 5) is 2.39. The Hall–Kier alpha value is -1.00. The minimum absolute atomic E-state index is 0.243. The lowest BCUT2D eigenvalue weighted by molar-refractivity contribution is 0.230. The molecule has 0 saturated heterocycles. The van der Waals surface area contributed by atoms with Gasteiger partial charge in [0.05, 0.1) is 9.79 Å². The monoisotopic (exact) mass is 473 g/mol. The molecule has 9 heteroatoms. The highest BCUT2D eigenvalue weighted by atomic mass is 33.1. The molecule has 2 aromatic carbocycles. The van der Waals surface area contributed by atoms with Gasteiger partial charge in [-0.15, -0.1) is 0 Å². The predicted molar refractivity (Wildman–Crippen MR) is 124 cm³/mol. The van der Waals surface area contributed by atoms with Gasteiger partial charge in [0, 0.05) is 17.0 Å². The van der Waals surface area contributed by atoms with Gasteiger partial charge in [-0.1, -0.05) is 35.4 Å². The quantitative estimate of drug-likeness (QED) is 0.506. The molecule has 0 radical (unpaired) electrons. The zero-order chi connectivity index (χ0) is 21.9. The lowest BCUT2D eigenvalue weighted by Crippen LogP contribution is -2.46. The normalized spacial score (nSPS) is 13.0. The Labute approximate surface area is 181 Å². The van der Waals surface area contributed by atoms with E-state index in [4.69, 9.17) is 0 Å². The molecule has 0 amide bonds. The smallest absolute Gasteiger partial charge is 0.230 e. The van der Waals surface area contributed by atoms with E-state index in [1.165, 1.54) is 0 Å². The van der Waals surface area contributed by atoms with Gasteiger partial charge in [0.2, 0.25) is 17.7 Å². The van der Waals surface area contributed by atoms with Crippen molar-refractivity contribution in [2.24, 2.45) is 0 Å². The van der Waals surface area contributed by atoms with Crippen LogP contribution in [0.1, 0.15) is 18.1 Å². The summed E-state index contributed by atoms with van der Waals surface area (Å²) in [6, 6.07) is 13.5. The van der Waals surface area contributed by atoms with Crippen molar-refractivity contribution in [1.29, 1.82) is 0 Å². The second-order valence-electron chi connectivity index (χ2n) is 7.45. The Kier molecular flexibility index (Phi) is 7.89. The average molecular weight is 474 g/mol. The Balaban J connectivity index is 2.12. The summed E-state index contributed by atoms with van der Waals surface area (Å²) in [5.74, 6) is 0.485. The molecule has 0 aliphatic rings. The average Bonchev–Trinajstić information content (AvgIpc) is 2.65. The van der Waals surface area contributed by atoms with E-state index < -0.39 is 23.3 Å². The van der Waals surface area contributed by atoms with Gasteiger partial charge < -0.3 is 4.90 Å². The molecule has 0 aromatic heterocycles. The largest absolute Gasteiger partial charge is 0.302 e. The molecule has 160 valence electrons. The number of aryl methyl sites for hydroxylation is 2. The summed E-state index contributed by atoms with van der Waals surface area (Å²) in [6.07, 6.45) is 0. The summed E-state index contributed by atoms with van der Waals surface area (Å²) < 4.78 is 50.7. The Morgan fingerprint density at radius 2 is 1.03 bits per heavy atom. The minimum Gasteiger partial charge on any atom is -0.302 e. The van der Waals surface area contributed by atoms with Crippen LogP contribution in [-0.2, 0) is 17.7 Å². The first-order chi connectivity index (χ1) is 13.4. The Bertz CT molecular complexity index is 949. The fourth-order valence-corrected chi connectivity index (χ4v) is 9.07. The van der Waals surface area contributed by atoms with E-state index in [9.17, 15) is 16.8 Å². The van der Waals surface area contributed by atoms with E-state index >= 15 is 0 Å². The number of hydrogen-bond acceptors (Lipinski definition) is 7. The summed E-state index contributed by atoms with van der Waals surface area (Å²) in [5, 5.41) is 0. The molecule has 0 unspecified atom stereocenters. The maximum absolute atomic E-state index is 12.7. The van der Waals surface area contributed by atoms with Crippen molar-refractivity contribution < 1.29 is 16.8 Å². The third kappa shape index (κ3) is 6.49. The SMILES string of the molecule is Cc1ccc(S(=O)(=O)SCC(C)(CSS(=O)(=O)c2ccc(C)cc2)N(C)C)cc1. The molecule has 0 aliphatic heterocycles. The second kappa shape index (κ2) is 9.43. The molecule has 0 N–H and O–H groups in total. The zero-order valence-corrected chi connectivity index (χ0v) is 20.5. The van der Waals surface area contributed by atoms with Crippen LogP contribution in [0.5, 0.6) is 0 Å². The van der Waals surface area contributed by atoms with Gasteiger partial charge in [0.15, 0.2) is 0 Å². The Morgan fingerprint density at radius 3 is 1.31 bits per heavy atom. The number of nitrogens with zero attached hydrogens (tertiary/aromatic N) is 1. The van der Waals surface area contributed by atoms with Crippen LogP contribution in [0.4, 0.5) is 0 Å². The zero-order valence-electron chi connectivity index (χ0n) is 17.2. The molecule has 2 rings (SSSR count). The number of rotatable bonds is 9. The van der Waals surface area contributed by atoms with E-state index in [0.29, 0.717) is 0 Å². The van der Waals surface area contributed by atoms with E-state index in [2.05, 4.69) is 0 Å². The van der Waals surface area contributed by atoms with E-state index in [0.717, 1.165) is 32.7 Å². The second-order valence-corrected chi connectivity index (χ2v) is 15.3. The van der Waals surface area contributed by atoms with E-state index in [-0.39, 0.29) is 21.3 Å². The van der Waals surface area contributed by atoms with Crippen LogP contribution in [0.15, 0.2) is 58.3 Å². The van der Waals surface area contributed by atoms with Crippen LogP contribution in [0.2, 0.25) is 0 Å².